The third-order valence-corrected chi connectivity index (χ3v) is 6.92. The highest BCUT2D eigenvalue weighted by molar-refractivity contribution is 5.92. The Bertz CT molecular complexity index is 1040. The Morgan fingerprint density at radius 2 is 1.48 bits per heavy atom. The molecule has 3 amide bonds. The number of amides is 3. The molecule has 2 rings (SSSR count). The molecule has 40 heavy (non-hydrogen) atoms. The summed E-state index contributed by atoms with van der Waals surface area (Å²) in [6.07, 6.45) is 5.07. The Kier molecular flexibility index (Phi) is 13.7. The van der Waals surface area contributed by atoms with Crippen molar-refractivity contribution in [1.82, 2.24) is 15.5 Å². The lowest BCUT2D eigenvalue weighted by atomic mass is 9.95. The summed E-state index contributed by atoms with van der Waals surface area (Å²) >= 11 is 0. The number of benzene rings is 2. The van der Waals surface area contributed by atoms with Crippen molar-refractivity contribution in [3.8, 4) is 0 Å². The lowest BCUT2D eigenvalue weighted by Crippen LogP contribution is -2.55. The summed E-state index contributed by atoms with van der Waals surface area (Å²) in [6.45, 7) is 12.2. The molecule has 0 saturated carbocycles. The van der Waals surface area contributed by atoms with Crippen LogP contribution in [0.1, 0.15) is 97.2 Å². The summed E-state index contributed by atoms with van der Waals surface area (Å²) < 4.78 is 5.50. The van der Waals surface area contributed by atoms with E-state index in [-0.39, 0.29) is 17.7 Å². The molecule has 220 valence electrons. The third kappa shape index (κ3) is 11.0. The fourth-order valence-electron chi connectivity index (χ4n) is 4.54. The van der Waals surface area contributed by atoms with Crippen molar-refractivity contribution in [3.63, 3.8) is 0 Å². The second-order valence-corrected chi connectivity index (χ2v) is 11.5. The molecular weight excluding hydrogens is 502 g/mol. The molecule has 0 aliphatic carbocycles. The van der Waals surface area contributed by atoms with Crippen LogP contribution in [-0.2, 0) is 20.9 Å². The highest BCUT2D eigenvalue weighted by Crippen LogP contribution is 2.25. The highest BCUT2D eigenvalue weighted by atomic mass is 16.6. The summed E-state index contributed by atoms with van der Waals surface area (Å²) in [5, 5.41) is 5.89. The number of carbonyl (C=O) groups is 3. The smallest absolute Gasteiger partial charge is 0.408 e. The number of ether oxygens (including phenoxy) is 1. The van der Waals surface area contributed by atoms with Gasteiger partial charge in [0.15, 0.2) is 0 Å². The van der Waals surface area contributed by atoms with E-state index in [1.807, 2.05) is 74.5 Å². The molecule has 0 bridgehead atoms. The van der Waals surface area contributed by atoms with Crippen LogP contribution in [-0.4, -0.2) is 41.0 Å². The number of nitrogens with zero attached hydrogens (tertiary/aromatic N) is 1. The molecule has 2 N–H and O–H groups in total. The van der Waals surface area contributed by atoms with Crippen molar-refractivity contribution in [2.24, 2.45) is 5.92 Å². The quantitative estimate of drug-likeness (QED) is 0.239. The molecule has 0 aliphatic rings. The molecule has 0 radical (unpaired) electrons. The van der Waals surface area contributed by atoms with Gasteiger partial charge in [0.1, 0.15) is 17.7 Å². The first kappa shape index (κ1) is 32.9. The van der Waals surface area contributed by atoms with Crippen LogP contribution in [0.4, 0.5) is 4.79 Å². The minimum atomic E-state index is -0.837. The second-order valence-electron chi connectivity index (χ2n) is 11.5. The number of hydrogen-bond donors (Lipinski definition) is 2. The predicted octanol–water partition coefficient (Wildman–Crippen LogP) is 6.78. The van der Waals surface area contributed by atoms with Crippen LogP contribution in [0.15, 0.2) is 60.7 Å². The van der Waals surface area contributed by atoms with Crippen LogP contribution < -0.4 is 10.6 Å². The maximum atomic E-state index is 14.3. The Morgan fingerprint density at radius 3 is 2.05 bits per heavy atom. The van der Waals surface area contributed by atoms with E-state index in [9.17, 15) is 14.4 Å². The standard InChI is InChI=1S/C33H49N3O4/c1-7-9-10-11-18-23-36(31(38)28(25(3)8-2)35-32(39)40-33(4,5)6)29(27-21-16-13-17-22-27)30(37)34-24-26-19-14-12-15-20-26/h12-17,19-22,25,28-29H,7-11,18,23-24H2,1-6H3,(H,34,37)(H,35,39). The maximum absolute atomic E-state index is 14.3. The summed E-state index contributed by atoms with van der Waals surface area (Å²) in [6, 6.07) is 17.4. The Hall–Kier alpha value is -3.35. The fourth-order valence-corrected chi connectivity index (χ4v) is 4.54. The van der Waals surface area contributed by atoms with Crippen LogP contribution >= 0.6 is 0 Å². The average molecular weight is 552 g/mol. The van der Waals surface area contributed by atoms with Crippen LogP contribution in [0, 0.1) is 5.92 Å². The first-order valence-corrected chi connectivity index (χ1v) is 14.7. The van der Waals surface area contributed by atoms with E-state index in [2.05, 4.69) is 17.6 Å². The molecular formula is C33H49N3O4. The Balaban J connectivity index is 2.43. The van der Waals surface area contributed by atoms with E-state index in [0.29, 0.717) is 19.5 Å². The molecule has 7 nitrogen and oxygen atoms in total. The molecule has 2 aromatic carbocycles. The van der Waals surface area contributed by atoms with E-state index >= 15 is 0 Å². The Morgan fingerprint density at radius 1 is 0.875 bits per heavy atom. The van der Waals surface area contributed by atoms with E-state index in [4.69, 9.17) is 4.74 Å². The second kappa shape index (κ2) is 16.7. The maximum Gasteiger partial charge on any atom is 0.408 e. The first-order chi connectivity index (χ1) is 19.1. The largest absolute Gasteiger partial charge is 0.444 e. The predicted molar refractivity (Wildman–Crippen MR) is 161 cm³/mol. The summed E-state index contributed by atoms with van der Waals surface area (Å²) in [4.78, 5) is 42.6. The number of nitrogens with one attached hydrogen (secondary N) is 2. The van der Waals surface area contributed by atoms with Gasteiger partial charge in [0.25, 0.3) is 0 Å². The number of unbranched alkanes of at least 4 members (excludes halogenated alkanes) is 4. The van der Waals surface area contributed by atoms with Gasteiger partial charge in [-0.3, -0.25) is 9.59 Å². The van der Waals surface area contributed by atoms with E-state index in [1.165, 1.54) is 0 Å². The number of hydrogen-bond acceptors (Lipinski definition) is 4. The van der Waals surface area contributed by atoms with Gasteiger partial charge in [0.2, 0.25) is 11.8 Å². The first-order valence-electron chi connectivity index (χ1n) is 14.7. The topological polar surface area (TPSA) is 87.7 Å². The van der Waals surface area contributed by atoms with Gasteiger partial charge in [-0.2, -0.15) is 0 Å². The van der Waals surface area contributed by atoms with Crippen LogP contribution in [0.25, 0.3) is 0 Å². The number of rotatable bonds is 15. The molecule has 0 fully saturated rings. The SMILES string of the molecule is CCCCCCCN(C(=O)C(NC(=O)OC(C)(C)C)C(C)CC)C(C(=O)NCc1ccccc1)c1ccccc1. The van der Waals surface area contributed by atoms with Gasteiger partial charge >= 0.3 is 6.09 Å². The molecule has 0 spiro atoms. The van der Waals surface area contributed by atoms with Gasteiger partial charge < -0.3 is 20.3 Å². The molecule has 3 atom stereocenters. The number of carbonyl (C=O) groups excluding carboxylic acids is 3. The minimum Gasteiger partial charge on any atom is -0.444 e. The summed E-state index contributed by atoms with van der Waals surface area (Å²) in [5.74, 6) is -0.692. The number of alkyl carbamates (subject to hydrolysis) is 1. The van der Waals surface area contributed by atoms with Crippen molar-refractivity contribution in [2.75, 3.05) is 6.54 Å². The van der Waals surface area contributed by atoms with Crippen LogP contribution in [0.3, 0.4) is 0 Å². The Labute approximate surface area is 241 Å². The van der Waals surface area contributed by atoms with Crippen molar-refractivity contribution in [2.45, 2.75) is 104 Å². The third-order valence-electron chi connectivity index (χ3n) is 6.92. The summed E-state index contributed by atoms with van der Waals surface area (Å²) in [7, 11) is 0. The van der Waals surface area contributed by atoms with Crippen LogP contribution in [0.5, 0.6) is 0 Å². The van der Waals surface area contributed by atoms with Crippen molar-refractivity contribution >= 4 is 17.9 Å². The van der Waals surface area contributed by atoms with E-state index in [1.54, 1.807) is 25.7 Å². The highest BCUT2D eigenvalue weighted by Gasteiger charge is 2.37. The lowest BCUT2D eigenvalue weighted by molar-refractivity contribution is -0.143. The van der Waals surface area contributed by atoms with E-state index in [0.717, 1.165) is 43.2 Å². The van der Waals surface area contributed by atoms with Gasteiger partial charge in [0.05, 0.1) is 0 Å². The summed E-state index contributed by atoms with van der Waals surface area (Å²) in [5.41, 5.74) is 1.01. The molecule has 0 aromatic heterocycles. The zero-order chi connectivity index (χ0) is 29.5. The molecule has 0 heterocycles. The van der Waals surface area contributed by atoms with Crippen molar-refractivity contribution in [3.05, 3.63) is 71.8 Å². The normalized spacial score (nSPS) is 13.6. The zero-order valence-corrected chi connectivity index (χ0v) is 25.2. The van der Waals surface area contributed by atoms with Crippen molar-refractivity contribution in [1.29, 1.82) is 0 Å². The zero-order valence-electron chi connectivity index (χ0n) is 25.2. The van der Waals surface area contributed by atoms with Gasteiger partial charge in [-0.1, -0.05) is 114 Å². The van der Waals surface area contributed by atoms with Gasteiger partial charge in [0, 0.05) is 13.1 Å². The fraction of sp³-hybridized carbons (Fsp3) is 0.545. The average Bonchev–Trinajstić information content (AvgIpc) is 2.93. The van der Waals surface area contributed by atoms with Gasteiger partial charge in [-0.15, -0.1) is 0 Å². The van der Waals surface area contributed by atoms with Gasteiger partial charge in [-0.25, -0.2) is 4.79 Å². The monoisotopic (exact) mass is 551 g/mol. The minimum absolute atomic E-state index is 0.161. The van der Waals surface area contributed by atoms with E-state index < -0.39 is 23.8 Å². The molecule has 3 unspecified atom stereocenters. The lowest BCUT2D eigenvalue weighted by Gasteiger charge is -2.36. The molecule has 2 aromatic rings. The molecule has 0 saturated heterocycles. The van der Waals surface area contributed by atoms with Gasteiger partial charge in [-0.05, 0) is 44.2 Å². The van der Waals surface area contributed by atoms with Crippen LogP contribution in [0.2, 0.25) is 0 Å². The van der Waals surface area contributed by atoms with Crippen molar-refractivity contribution < 1.29 is 19.1 Å². The molecule has 7 heteroatoms. The molecule has 0 aliphatic heterocycles.